The molecule has 23 heavy (non-hydrogen) atoms. The number of hydrogen-bond acceptors (Lipinski definition) is 3. The van der Waals surface area contributed by atoms with E-state index in [-0.39, 0.29) is 0 Å². The van der Waals surface area contributed by atoms with Crippen LogP contribution in [0.4, 0.5) is 5.69 Å². The Kier molecular flexibility index (Phi) is 3.94. The molecule has 116 valence electrons. The summed E-state index contributed by atoms with van der Waals surface area (Å²) in [6, 6.07) is 15.9. The van der Waals surface area contributed by atoms with Crippen molar-refractivity contribution in [1.82, 2.24) is 4.57 Å². The van der Waals surface area contributed by atoms with Gasteiger partial charge in [-0.1, -0.05) is 0 Å². The maximum Gasteiger partial charge on any atom is 0.119 e. The van der Waals surface area contributed by atoms with Gasteiger partial charge < -0.3 is 15.0 Å². The number of nitrogens with zero attached hydrogens (tertiary/aromatic N) is 2. The molecule has 3 aromatic rings. The quantitative estimate of drug-likeness (QED) is 0.735. The molecule has 2 aromatic carbocycles. The lowest BCUT2D eigenvalue weighted by molar-refractivity contribution is 0.340. The van der Waals surface area contributed by atoms with E-state index >= 15 is 0 Å². The van der Waals surface area contributed by atoms with Crippen LogP contribution in [-0.4, -0.2) is 11.2 Å². The summed E-state index contributed by atoms with van der Waals surface area (Å²) >= 11 is 0. The van der Waals surface area contributed by atoms with E-state index in [0.29, 0.717) is 17.9 Å². The first kappa shape index (κ1) is 15.0. The highest BCUT2D eigenvalue weighted by Gasteiger charge is 2.18. The molecular weight excluding hydrogens is 286 g/mol. The van der Waals surface area contributed by atoms with Crippen LogP contribution in [0.1, 0.15) is 19.4 Å². The number of nitrogens with two attached hydrogens (primary N) is 1. The van der Waals surface area contributed by atoms with E-state index < -0.39 is 0 Å². The van der Waals surface area contributed by atoms with Gasteiger partial charge >= 0.3 is 0 Å². The second-order valence-electron chi connectivity index (χ2n) is 5.31. The summed E-state index contributed by atoms with van der Waals surface area (Å²) in [5.74, 6) is 0.832. The fraction of sp³-hybridized carbons (Fsp3) is 0.211. The molecule has 0 atom stereocenters. The van der Waals surface area contributed by atoms with Crippen LogP contribution in [0.2, 0.25) is 0 Å². The number of aromatic nitrogens is 1. The Morgan fingerprint density at radius 2 is 1.87 bits per heavy atom. The summed E-state index contributed by atoms with van der Waals surface area (Å²) in [4.78, 5) is 0. The van der Waals surface area contributed by atoms with Crippen molar-refractivity contribution in [3.05, 3.63) is 48.0 Å². The highest BCUT2D eigenvalue weighted by Crippen LogP contribution is 2.35. The largest absolute Gasteiger partial charge is 0.494 e. The van der Waals surface area contributed by atoms with Crippen molar-refractivity contribution in [1.29, 1.82) is 5.26 Å². The van der Waals surface area contributed by atoms with Crippen molar-refractivity contribution in [2.45, 2.75) is 20.4 Å². The molecule has 0 unspecified atom stereocenters. The molecule has 0 bridgehead atoms. The van der Waals surface area contributed by atoms with E-state index in [1.54, 1.807) is 0 Å². The standard InChI is InChI=1S/C19H19N3O/c1-3-22-18-11-14(21)7-10-16(18)17(12-20)19(22)13-5-8-15(9-6-13)23-4-2/h5-11H,3-4,21H2,1-2H3. The van der Waals surface area contributed by atoms with Gasteiger partial charge in [0.2, 0.25) is 0 Å². The summed E-state index contributed by atoms with van der Waals surface area (Å²) in [6.07, 6.45) is 0. The molecule has 0 aliphatic carbocycles. The zero-order chi connectivity index (χ0) is 16.4. The smallest absolute Gasteiger partial charge is 0.119 e. The molecule has 3 rings (SSSR count). The van der Waals surface area contributed by atoms with Crippen LogP contribution in [0, 0.1) is 11.3 Å². The summed E-state index contributed by atoms with van der Waals surface area (Å²) in [5.41, 5.74) is 10.2. The van der Waals surface area contributed by atoms with Crippen LogP contribution in [0.25, 0.3) is 22.2 Å². The first-order valence-electron chi connectivity index (χ1n) is 7.74. The Morgan fingerprint density at radius 3 is 2.48 bits per heavy atom. The molecule has 0 spiro atoms. The third kappa shape index (κ3) is 2.51. The van der Waals surface area contributed by atoms with Gasteiger partial charge in [-0.15, -0.1) is 0 Å². The van der Waals surface area contributed by atoms with Gasteiger partial charge in [-0.3, -0.25) is 0 Å². The molecule has 2 N–H and O–H groups in total. The van der Waals surface area contributed by atoms with Crippen molar-refractivity contribution in [2.75, 3.05) is 12.3 Å². The van der Waals surface area contributed by atoms with E-state index in [2.05, 4.69) is 17.6 Å². The number of fused-ring (bicyclic) bond motifs is 1. The lowest BCUT2D eigenvalue weighted by Crippen LogP contribution is -1.98. The third-order valence-corrected chi connectivity index (χ3v) is 3.96. The predicted octanol–water partition coefficient (Wildman–Crippen LogP) is 4.18. The van der Waals surface area contributed by atoms with Crippen LogP contribution < -0.4 is 10.5 Å². The van der Waals surface area contributed by atoms with Crippen molar-refractivity contribution >= 4 is 16.6 Å². The number of ether oxygens (including phenoxy) is 1. The molecule has 0 radical (unpaired) electrons. The second kappa shape index (κ2) is 6.05. The number of nitriles is 1. The lowest BCUT2D eigenvalue weighted by Gasteiger charge is -2.10. The van der Waals surface area contributed by atoms with Gasteiger partial charge in [0.1, 0.15) is 11.8 Å². The summed E-state index contributed by atoms with van der Waals surface area (Å²) in [7, 11) is 0. The number of benzene rings is 2. The molecular formula is C19H19N3O. The Morgan fingerprint density at radius 1 is 1.13 bits per heavy atom. The molecule has 0 amide bonds. The average molecular weight is 305 g/mol. The van der Waals surface area contributed by atoms with Crippen molar-refractivity contribution in [3.63, 3.8) is 0 Å². The fourth-order valence-corrected chi connectivity index (χ4v) is 2.98. The van der Waals surface area contributed by atoms with Crippen molar-refractivity contribution in [2.24, 2.45) is 0 Å². The Balaban J connectivity index is 2.25. The number of hydrogen-bond donors (Lipinski definition) is 1. The van der Waals surface area contributed by atoms with E-state index in [1.165, 1.54) is 0 Å². The molecule has 1 aromatic heterocycles. The summed E-state index contributed by atoms with van der Waals surface area (Å²) < 4.78 is 7.63. The molecule has 1 heterocycles. The summed E-state index contributed by atoms with van der Waals surface area (Å²) in [6.45, 7) is 5.43. The van der Waals surface area contributed by atoms with E-state index in [4.69, 9.17) is 10.5 Å². The number of rotatable bonds is 4. The molecule has 4 nitrogen and oxygen atoms in total. The van der Waals surface area contributed by atoms with Gasteiger partial charge in [-0.05, 0) is 61.9 Å². The van der Waals surface area contributed by atoms with Gasteiger partial charge in [-0.2, -0.15) is 5.26 Å². The minimum atomic E-state index is 0.636. The topological polar surface area (TPSA) is 64.0 Å². The number of anilines is 1. The van der Waals surface area contributed by atoms with Crippen LogP contribution >= 0.6 is 0 Å². The predicted molar refractivity (Wildman–Crippen MR) is 93.3 cm³/mol. The maximum atomic E-state index is 9.68. The average Bonchev–Trinajstić information content (AvgIpc) is 2.88. The fourth-order valence-electron chi connectivity index (χ4n) is 2.98. The lowest BCUT2D eigenvalue weighted by atomic mass is 10.1. The highest BCUT2D eigenvalue weighted by molar-refractivity contribution is 5.96. The van der Waals surface area contributed by atoms with Gasteiger partial charge in [0.25, 0.3) is 0 Å². The molecule has 0 fully saturated rings. The molecule has 0 saturated carbocycles. The van der Waals surface area contributed by atoms with E-state index in [9.17, 15) is 5.26 Å². The van der Waals surface area contributed by atoms with E-state index in [0.717, 1.165) is 34.5 Å². The van der Waals surface area contributed by atoms with Gasteiger partial charge in [-0.25, -0.2) is 0 Å². The number of nitrogen functional groups attached to an aromatic ring is 1. The van der Waals surface area contributed by atoms with Gasteiger partial charge in [0.05, 0.1) is 23.4 Å². The minimum absolute atomic E-state index is 0.636. The minimum Gasteiger partial charge on any atom is -0.494 e. The third-order valence-electron chi connectivity index (χ3n) is 3.96. The highest BCUT2D eigenvalue weighted by atomic mass is 16.5. The Hall–Kier alpha value is -2.93. The van der Waals surface area contributed by atoms with Crippen LogP contribution in [0.15, 0.2) is 42.5 Å². The normalized spacial score (nSPS) is 10.7. The zero-order valence-electron chi connectivity index (χ0n) is 13.3. The van der Waals surface area contributed by atoms with Crippen LogP contribution in [-0.2, 0) is 6.54 Å². The summed E-state index contributed by atoms with van der Waals surface area (Å²) in [5, 5.41) is 10.6. The molecule has 4 heteroatoms. The number of aryl methyl sites for hydroxylation is 1. The molecule has 0 aliphatic heterocycles. The van der Waals surface area contributed by atoms with Gasteiger partial charge in [0, 0.05) is 17.6 Å². The molecule has 0 saturated heterocycles. The SMILES string of the molecule is CCOc1ccc(-c2c(C#N)c3ccc(N)cc3n2CC)cc1. The van der Waals surface area contributed by atoms with Gasteiger partial charge in [0.15, 0.2) is 0 Å². The first-order valence-corrected chi connectivity index (χ1v) is 7.74. The maximum absolute atomic E-state index is 9.68. The Labute approximate surface area is 135 Å². The zero-order valence-corrected chi connectivity index (χ0v) is 13.3. The Bertz CT molecular complexity index is 886. The first-order chi connectivity index (χ1) is 11.2. The van der Waals surface area contributed by atoms with Crippen molar-refractivity contribution < 1.29 is 4.74 Å². The monoisotopic (exact) mass is 305 g/mol. The second-order valence-corrected chi connectivity index (χ2v) is 5.31. The van der Waals surface area contributed by atoms with Crippen molar-refractivity contribution in [3.8, 4) is 23.1 Å². The van der Waals surface area contributed by atoms with Crippen LogP contribution in [0.5, 0.6) is 5.75 Å². The van der Waals surface area contributed by atoms with Crippen LogP contribution in [0.3, 0.4) is 0 Å². The van der Waals surface area contributed by atoms with E-state index in [1.807, 2.05) is 49.4 Å². The molecule has 0 aliphatic rings.